The van der Waals surface area contributed by atoms with Crippen molar-refractivity contribution in [1.82, 2.24) is 40.7 Å². The van der Waals surface area contributed by atoms with Crippen molar-refractivity contribution in [3.63, 3.8) is 0 Å². The zero-order valence-electron chi connectivity index (χ0n) is 9.47. The average molecular weight is 218 g/mol. The quantitative estimate of drug-likeness (QED) is 0.356. The second kappa shape index (κ2) is 5.58. The van der Waals surface area contributed by atoms with Crippen molar-refractivity contribution in [1.29, 1.82) is 0 Å². The van der Waals surface area contributed by atoms with Gasteiger partial charge in [0.15, 0.2) is 0 Å². The molecule has 0 fully saturated rings. The molecular weight excluding hydrogens is 214 g/mol. The van der Waals surface area contributed by atoms with Gasteiger partial charge in [-0.3, -0.25) is 0 Å². The van der Waals surface area contributed by atoms with Crippen molar-refractivity contribution in [3.05, 3.63) is 0 Å². The molecule has 0 bridgehead atoms. The van der Waals surface area contributed by atoms with Gasteiger partial charge < -0.3 is 13.3 Å². The van der Waals surface area contributed by atoms with Gasteiger partial charge in [0.25, 0.3) is 11.6 Å². The first-order valence-corrected chi connectivity index (χ1v) is 2.74. The van der Waals surface area contributed by atoms with E-state index in [0.717, 1.165) is 0 Å². The molecule has 0 unspecified atom stereocenters. The van der Waals surface area contributed by atoms with Crippen LogP contribution < -0.4 is 59.1 Å². The van der Waals surface area contributed by atoms with E-state index < -0.39 is 0 Å². The predicted molar refractivity (Wildman–Crippen MR) is 31.2 cm³/mol. The Kier molecular flexibility index (Phi) is 5.48. The molecule has 2 N–H and O–H groups in total. The molecule has 0 aliphatic carbocycles. The van der Waals surface area contributed by atoms with Crippen LogP contribution in [0.4, 0.5) is 0 Å². The molecule has 0 amide bonds. The van der Waals surface area contributed by atoms with Crippen molar-refractivity contribution in [3.8, 4) is 11.6 Å². The maximum Gasteiger partial charge on any atom is 1.00 e. The molecule has 0 saturated heterocycles. The number of rotatable bonds is 1. The standard InChI is InChI=1S/C2H2N8O2.2Na.2H/c11-9-1(3-5-7-9)2-4-6-8-10(2)12;;;;/h11-12H;;;;/q;2*+1;2*-1. The molecule has 2 aromatic heterocycles. The van der Waals surface area contributed by atoms with Gasteiger partial charge in [-0.2, -0.15) is 0 Å². The normalized spacial score (nSPS) is 8.86. The molecule has 0 aliphatic rings. The summed E-state index contributed by atoms with van der Waals surface area (Å²) < 4.78 is 0. The summed E-state index contributed by atoms with van der Waals surface area (Å²) in [6.07, 6.45) is 0. The first kappa shape index (κ1) is 13.7. The minimum Gasteiger partial charge on any atom is -1.00 e. The van der Waals surface area contributed by atoms with E-state index in [1.165, 1.54) is 0 Å². The number of hydrogen-bond acceptors (Lipinski definition) is 8. The molecule has 0 radical (unpaired) electrons. The maximum absolute atomic E-state index is 8.91. The zero-order chi connectivity index (χ0) is 8.55. The summed E-state index contributed by atoms with van der Waals surface area (Å²) in [5, 5.41) is 36.9. The second-order valence-electron chi connectivity index (χ2n) is 1.78. The van der Waals surface area contributed by atoms with Crippen molar-refractivity contribution in [2.45, 2.75) is 0 Å². The van der Waals surface area contributed by atoms with Gasteiger partial charge in [0.2, 0.25) is 0 Å². The van der Waals surface area contributed by atoms with E-state index in [1.54, 1.807) is 0 Å². The van der Waals surface area contributed by atoms with Crippen LogP contribution >= 0.6 is 0 Å². The Hall–Kier alpha value is -0.260. The van der Waals surface area contributed by atoms with Crippen LogP contribution in [-0.4, -0.2) is 51.2 Å². The summed E-state index contributed by atoms with van der Waals surface area (Å²) in [5.41, 5.74) is 0. The van der Waals surface area contributed by atoms with E-state index in [9.17, 15) is 0 Å². The number of tetrazole rings is 2. The van der Waals surface area contributed by atoms with Crippen molar-refractivity contribution in [2.75, 3.05) is 0 Å². The number of aromatic nitrogens is 8. The molecule has 2 heterocycles. The molecule has 0 aromatic carbocycles. The van der Waals surface area contributed by atoms with Gasteiger partial charge in [-0.25, -0.2) is 0 Å². The van der Waals surface area contributed by atoms with Crippen LogP contribution in [0.2, 0.25) is 0 Å². The summed E-state index contributed by atoms with van der Waals surface area (Å²) >= 11 is 0. The molecule has 0 atom stereocenters. The third-order valence-corrected chi connectivity index (χ3v) is 1.11. The van der Waals surface area contributed by atoms with E-state index in [0.29, 0.717) is 9.69 Å². The van der Waals surface area contributed by atoms with Gasteiger partial charge in [0.05, 0.1) is 0 Å². The molecule has 12 heteroatoms. The second-order valence-corrected chi connectivity index (χ2v) is 1.78. The Labute approximate surface area is 124 Å². The number of hydrogen-bond donors (Lipinski definition) is 2. The maximum atomic E-state index is 8.91. The molecule has 66 valence electrons. The fourth-order valence-electron chi connectivity index (χ4n) is 0.634. The number of nitrogens with zero attached hydrogens (tertiary/aromatic N) is 8. The zero-order valence-corrected chi connectivity index (χ0v) is 11.5. The van der Waals surface area contributed by atoms with Gasteiger partial charge in [-0.05, 0) is 20.9 Å². The third-order valence-electron chi connectivity index (χ3n) is 1.11. The summed E-state index contributed by atoms with van der Waals surface area (Å²) in [6, 6.07) is 0. The molecule has 10 nitrogen and oxygen atoms in total. The molecule has 14 heavy (non-hydrogen) atoms. The van der Waals surface area contributed by atoms with E-state index >= 15 is 0 Å². The Morgan fingerprint density at radius 2 is 1.21 bits per heavy atom. The topological polar surface area (TPSA) is 128 Å². The molecule has 2 aromatic rings. The van der Waals surface area contributed by atoms with Crippen LogP contribution in [0.15, 0.2) is 0 Å². The van der Waals surface area contributed by atoms with E-state index in [1.807, 2.05) is 0 Å². The van der Waals surface area contributed by atoms with Gasteiger partial charge in [-0.15, -0.1) is 10.2 Å². The first-order valence-electron chi connectivity index (χ1n) is 2.74. The largest absolute Gasteiger partial charge is 1.00 e. The molecular formula is C2H4N8Na2O2. The van der Waals surface area contributed by atoms with Crippen LogP contribution in [0.3, 0.4) is 0 Å². The summed E-state index contributed by atoms with van der Waals surface area (Å²) in [7, 11) is 0. The molecule has 0 spiro atoms. The molecule has 0 aliphatic heterocycles. The van der Waals surface area contributed by atoms with E-state index in [4.69, 9.17) is 10.4 Å². The van der Waals surface area contributed by atoms with Crippen molar-refractivity contribution < 1.29 is 72.4 Å². The van der Waals surface area contributed by atoms with E-state index in [2.05, 4.69) is 31.1 Å². The molecule has 2 rings (SSSR count). The van der Waals surface area contributed by atoms with Crippen molar-refractivity contribution in [2.24, 2.45) is 0 Å². The smallest absolute Gasteiger partial charge is 1.00 e. The Morgan fingerprint density at radius 1 is 0.857 bits per heavy atom. The fraction of sp³-hybridized carbons (Fsp3) is 0. The predicted octanol–water partition coefficient (Wildman–Crippen LogP) is -7.97. The van der Waals surface area contributed by atoms with Gasteiger partial charge in [0.1, 0.15) is 0 Å². The summed E-state index contributed by atoms with van der Waals surface area (Å²) in [4.78, 5) is 0.691. The third kappa shape index (κ3) is 2.40. The summed E-state index contributed by atoms with van der Waals surface area (Å²) in [5.74, 6) is -0.301. The van der Waals surface area contributed by atoms with Gasteiger partial charge in [0, 0.05) is 0 Å². The average Bonchev–Trinajstić information content (AvgIpc) is 2.59. The van der Waals surface area contributed by atoms with Crippen LogP contribution in [-0.2, 0) is 0 Å². The first-order chi connectivity index (χ1) is 5.79. The monoisotopic (exact) mass is 218 g/mol. The Balaban J connectivity index is -0.000000422. The SMILES string of the molecule is On1nnnc1-c1nnnn1O.[H-].[H-].[Na+].[Na+]. The Morgan fingerprint density at radius 3 is 1.43 bits per heavy atom. The van der Waals surface area contributed by atoms with Crippen LogP contribution in [0.5, 0.6) is 0 Å². The Bertz CT molecular complexity index is 368. The van der Waals surface area contributed by atoms with E-state index in [-0.39, 0.29) is 73.6 Å². The van der Waals surface area contributed by atoms with Crippen LogP contribution in [0.25, 0.3) is 11.6 Å². The van der Waals surface area contributed by atoms with Crippen molar-refractivity contribution >= 4 is 0 Å². The minimum atomic E-state index is -0.150. The van der Waals surface area contributed by atoms with Gasteiger partial charge >= 0.3 is 59.1 Å². The summed E-state index contributed by atoms with van der Waals surface area (Å²) in [6.45, 7) is 0. The van der Waals surface area contributed by atoms with Crippen LogP contribution in [0.1, 0.15) is 2.85 Å². The molecule has 0 saturated carbocycles. The van der Waals surface area contributed by atoms with Crippen LogP contribution in [0, 0.1) is 0 Å². The van der Waals surface area contributed by atoms with Gasteiger partial charge in [-0.1, -0.05) is 9.69 Å². The fourth-order valence-corrected chi connectivity index (χ4v) is 0.634. The minimum absolute atomic E-state index is 0.